The number of thiophene rings is 1. The van der Waals surface area contributed by atoms with E-state index >= 15 is 0 Å². The Hall–Kier alpha value is -2.69. The molecule has 8 nitrogen and oxygen atoms in total. The Morgan fingerprint density at radius 3 is 2.71 bits per heavy atom. The molecule has 1 saturated heterocycles. The number of carbonyl (C=O) groups is 2. The highest BCUT2D eigenvalue weighted by atomic mass is 32.1. The molecule has 0 spiro atoms. The van der Waals surface area contributed by atoms with E-state index in [2.05, 4.69) is 10.2 Å². The molecule has 1 fully saturated rings. The summed E-state index contributed by atoms with van der Waals surface area (Å²) in [6.45, 7) is 7.38. The van der Waals surface area contributed by atoms with Gasteiger partial charge < -0.3 is 24.6 Å². The Balaban J connectivity index is 1.44. The van der Waals surface area contributed by atoms with Gasteiger partial charge in [0.05, 0.1) is 19.3 Å². The zero-order chi connectivity index (χ0) is 24.6. The van der Waals surface area contributed by atoms with Gasteiger partial charge in [-0.25, -0.2) is 9.18 Å². The largest absolute Gasteiger partial charge is 0.491 e. The zero-order valence-electron chi connectivity index (χ0n) is 20.1. The molecule has 1 aromatic heterocycles. The normalized spacial score (nSPS) is 18.1. The highest BCUT2D eigenvalue weighted by Crippen LogP contribution is 2.34. The van der Waals surface area contributed by atoms with E-state index in [0.717, 1.165) is 25.1 Å². The first-order valence-electron chi connectivity index (χ1n) is 12.1. The second-order valence-corrected chi connectivity index (χ2v) is 9.63. The molecule has 0 radical (unpaired) electrons. The van der Waals surface area contributed by atoms with E-state index in [0.29, 0.717) is 45.1 Å². The van der Waals surface area contributed by atoms with Crippen LogP contribution in [0.3, 0.4) is 0 Å². The molecule has 1 aromatic carbocycles. The number of urea groups is 1. The van der Waals surface area contributed by atoms with Crippen LogP contribution in [0.1, 0.15) is 23.4 Å². The van der Waals surface area contributed by atoms with Crippen LogP contribution in [0.2, 0.25) is 0 Å². The molecule has 2 aliphatic heterocycles. The first kappa shape index (κ1) is 25.4. The zero-order valence-corrected chi connectivity index (χ0v) is 20.9. The fraction of sp³-hybridized carbons (Fsp3) is 0.520. The van der Waals surface area contributed by atoms with E-state index in [1.54, 1.807) is 28.4 Å². The van der Waals surface area contributed by atoms with E-state index in [4.69, 9.17) is 9.47 Å². The summed E-state index contributed by atoms with van der Waals surface area (Å²) in [6.07, 6.45) is 0.778. The van der Waals surface area contributed by atoms with Crippen LogP contribution in [0.4, 0.5) is 9.18 Å². The number of benzene rings is 1. The Bertz CT molecular complexity index is 980. The van der Waals surface area contributed by atoms with Gasteiger partial charge in [-0.3, -0.25) is 9.69 Å². The maximum absolute atomic E-state index is 13.5. The molecular formula is C25H33FN4O4S. The predicted octanol–water partition coefficient (Wildman–Crippen LogP) is 2.76. The maximum atomic E-state index is 13.5. The van der Waals surface area contributed by atoms with Crippen molar-refractivity contribution in [2.45, 2.75) is 19.4 Å². The fourth-order valence-corrected chi connectivity index (χ4v) is 5.37. The highest BCUT2D eigenvalue weighted by Gasteiger charge is 2.33. The average Bonchev–Trinajstić information content (AvgIpc) is 3.36. The quantitative estimate of drug-likeness (QED) is 0.569. The first-order valence-corrected chi connectivity index (χ1v) is 13.0. The topological polar surface area (TPSA) is 74.4 Å². The van der Waals surface area contributed by atoms with Gasteiger partial charge in [-0.05, 0) is 54.6 Å². The smallest absolute Gasteiger partial charge is 0.317 e. The van der Waals surface area contributed by atoms with Crippen LogP contribution >= 0.6 is 11.3 Å². The molecule has 0 aliphatic carbocycles. The minimum Gasteiger partial charge on any atom is -0.491 e. The van der Waals surface area contributed by atoms with Gasteiger partial charge in [0, 0.05) is 44.1 Å². The number of rotatable bonds is 9. The minimum atomic E-state index is -0.325. The number of ether oxygens (including phenoxy) is 2. The third kappa shape index (κ3) is 6.71. The van der Waals surface area contributed by atoms with E-state index in [1.807, 2.05) is 23.3 Å². The van der Waals surface area contributed by atoms with E-state index in [-0.39, 0.29) is 36.9 Å². The monoisotopic (exact) mass is 504 g/mol. The van der Waals surface area contributed by atoms with Crippen molar-refractivity contribution in [3.63, 3.8) is 0 Å². The molecule has 2 aromatic rings. The number of amides is 3. The van der Waals surface area contributed by atoms with Crippen molar-refractivity contribution in [1.82, 2.24) is 20.0 Å². The molecule has 3 heterocycles. The lowest BCUT2D eigenvalue weighted by Gasteiger charge is -2.37. The lowest BCUT2D eigenvalue weighted by molar-refractivity contribution is -0.135. The van der Waals surface area contributed by atoms with Crippen LogP contribution < -0.4 is 10.1 Å². The summed E-state index contributed by atoms with van der Waals surface area (Å²) < 4.78 is 24.6. The summed E-state index contributed by atoms with van der Waals surface area (Å²) in [6, 6.07) is 7.42. The number of fused-ring (bicyclic) bond motifs is 1. The SMILES string of the molecule is CCNC(=O)N(CCN1CCOCC1)CC(=O)N1CCc2sccc2[C@@H]1COc1ccc(F)cc1. The van der Waals surface area contributed by atoms with Crippen LogP contribution in [0.25, 0.3) is 0 Å². The summed E-state index contributed by atoms with van der Waals surface area (Å²) in [7, 11) is 0. The van der Waals surface area contributed by atoms with Crippen molar-refractivity contribution >= 4 is 23.3 Å². The Labute approximate surface area is 209 Å². The number of carbonyl (C=O) groups excluding carboxylic acids is 2. The van der Waals surface area contributed by atoms with Gasteiger partial charge in [0.15, 0.2) is 0 Å². The van der Waals surface area contributed by atoms with Crippen molar-refractivity contribution in [2.75, 3.05) is 65.6 Å². The van der Waals surface area contributed by atoms with Crippen LogP contribution in [-0.4, -0.2) is 92.3 Å². The van der Waals surface area contributed by atoms with Gasteiger partial charge in [-0.15, -0.1) is 11.3 Å². The fourth-order valence-electron chi connectivity index (χ4n) is 4.44. The Morgan fingerprint density at radius 2 is 1.97 bits per heavy atom. The molecule has 0 saturated carbocycles. The second-order valence-electron chi connectivity index (χ2n) is 8.63. The minimum absolute atomic E-state index is 0.00267. The van der Waals surface area contributed by atoms with Crippen molar-refractivity contribution in [2.24, 2.45) is 0 Å². The molecule has 1 atom stereocenters. The van der Waals surface area contributed by atoms with E-state index in [9.17, 15) is 14.0 Å². The highest BCUT2D eigenvalue weighted by molar-refractivity contribution is 7.10. The summed E-state index contributed by atoms with van der Waals surface area (Å²) in [5.74, 6) is 0.118. The second kappa shape index (κ2) is 12.3. The number of nitrogens with zero attached hydrogens (tertiary/aromatic N) is 3. The molecule has 35 heavy (non-hydrogen) atoms. The van der Waals surface area contributed by atoms with Gasteiger partial charge in [0.1, 0.15) is 24.7 Å². The lowest BCUT2D eigenvalue weighted by atomic mass is 10.0. The van der Waals surface area contributed by atoms with Crippen LogP contribution in [0, 0.1) is 5.82 Å². The average molecular weight is 505 g/mol. The number of hydrogen-bond acceptors (Lipinski definition) is 6. The van der Waals surface area contributed by atoms with Crippen molar-refractivity contribution in [1.29, 1.82) is 0 Å². The van der Waals surface area contributed by atoms with Gasteiger partial charge in [-0.2, -0.15) is 0 Å². The number of halogens is 1. The van der Waals surface area contributed by atoms with Gasteiger partial charge in [-0.1, -0.05) is 0 Å². The summed E-state index contributed by atoms with van der Waals surface area (Å²) in [5, 5.41) is 4.87. The molecule has 3 amide bonds. The molecule has 10 heteroatoms. The summed E-state index contributed by atoms with van der Waals surface area (Å²) >= 11 is 1.68. The van der Waals surface area contributed by atoms with Gasteiger partial charge in [0.25, 0.3) is 0 Å². The molecule has 4 rings (SSSR count). The van der Waals surface area contributed by atoms with Gasteiger partial charge >= 0.3 is 6.03 Å². The van der Waals surface area contributed by atoms with Crippen LogP contribution in [0.15, 0.2) is 35.7 Å². The summed E-state index contributed by atoms with van der Waals surface area (Å²) in [4.78, 5) is 33.2. The van der Waals surface area contributed by atoms with Crippen LogP contribution in [-0.2, 0) is 16.0 Å². The summed E-state index contributed by atoms with van der Waals surface area (Å²) in [5.41, 5.74) is 1.08. The predicted molar refractivity (Wildman–Crippen MR) is 132 cm³/mol. The molecule has 190 valence electrons. The standard InChI is InChI=1S/C25H33FN4O4S/c1-2-27-25(32)29(11-10-28-12-14-33-15-13-28)17-24(31)30-9-7-23-21(8-16-35-23)22(30)18-34-20-5-3-19(26)4-6-20/h3-6,8,16,22H,2,7,9-15,17-18H2,1H3,(H,27,32)/t22-/m0/s1. The molecular weight excluding hydrogens is 471 g/mol. The first-order chi connectivity index (χ1) is 17.0. The molecule has 0 unspecified atom stereocenters. The molecule has 1 N–H and O–H groups in total. The van der Waals surface area contributed by atoms with E-state index in [1.165, 1.54) is 17.0 Å². The third-order valence-electron chi connectivity index (χ3n) is 6.37. The number of morpholine rings is 1. The Morgan fingerprint density at radius 1 is 1.20 bits per heavy atom. The van der Waals surface area contributed by atoms with Crippen molar-refractivity contribution in [3.8, 4) is 5.75 Å². The maximum Gasteiger partial charge on any atom is 0.317 e. The Kier molecular flexibility index (Phi) is 8.95. The molecule has 2 aliphatic rings. The lowest BCUT2D eigenvalue weighted by Crippen LogP contribution is -2.51. The third-order valence-corrected chi connectivity index (χ3v) is 7.36. The number of hydrogen-bond donors (Lipinski definition) is 1. The van der Waals surface area contributed by atoms with E-state index < -0.39 is 0 Å². The van der Waals surface area contributed by atoms with Crippen molar-refractivity contribution in [3.05, 3.63) is 52.0 Å². The van der Waals surface area contributed by atoms with Crippen LogP contribution in [0.5, 0.6) is 5.75 Å². The molecule has 0 bridgehead atoms. The van der Waals surface area contributed by atoms with Crippen molar-refractivity contribution < 1.29 is 23.5 Å². The van der Waals surface area contributed by atoms with Gasteiger partial charge in [0.2, 0.25) is 5.91 Å². The number of nitrogens with one attached hydrogen (secondary N) is 1.